The molecule has 0 saturated carbocycles. The molecular weight excluding hydrogens is 352 g/mol. The zero-order valence-electron chi connectivity index (χ0n) is 13.5. The molecule has 4 heteroatoms. The second kappa shape index (κ2) is 7.93. The van der Waals surface area contributed by atoms with Gasteiger partial charge in [-0.3, -0.25) is 0 Å². The molecule has 1 saturated heterocycles. The molecule has 0 radical (unpaired) electrons. The highest BCUT2D eigenvalue weighted by Crippen LogP contribution is 2.23. The summed E-state index contributed by atoms with van der Waals surface area (Å²) < 4.78 is 6.87. The van der Waals surface area contributed by atoms with Crippen LogP contribution in [0.3, 0.4) is 0 Å². The van der Waals surface area contributed by atoms with E-state index in [2.05, 4.69) is 63.1 Å². The number of ether oxygens (including phenoxy) is 1. The molecule has 1 aliphatic heterocycles. The zero-order chi connectivity index (χ0) is 16.1. The molecule has 122 valence electrons. The van der Waals surface area contributed by atoms with Gasteiger partial charge in [0.1, 0.15) is 10.7 Å². The lowest BCUT2D eigenvalue weighted by Crippen LogP contribution is -2.45. The summed E-state index contributed by atoms with van der Waals surface area (Å²) in [5.41, 5.74) is 1.41. The Morgan fingerprint density at radius 2 is 2.00 bits per heavy atom. The van der Waals surface area contributed by atoms with Crippen LogP contribution in [0.4, 0.5) is 0 Å². The third-order valence-corrected chi connectivity index (χ3v) is 4.91. The second-order valence-corrected chi connectivity index (χ2v) is 7.00. The molecule has 3 rings (SSSR count). The molecule has 0 unspecified atom stereocenters. The van der Waals surface area contributed by atoms with Crippen molar-refractivity contribution in [3.05, 3.63) is 58.7 Å². The lowest BCUT2D eigenvalue weighted by molar-refractivity contribution is 0.0611. The van der Waals surface area contributed by atoms with Crippen LogP contribution in [-0.2, 0) is 6.42 Å². The van der Waals surface area contributed by atoms with Gasteiger partial charge in [0.2, 0.25) is 5.88 Å². The number of rotatable bonds is 5. The van der Waals surface area contributed by atoms with E-state index in [1.54, 1.807) is 0 Å². The lowest BCUT2D eigenvalue weighted by Gasteiger charge is -2.37. The first-order valence-electron chi connectivity index (χ1n) is 8.28. The molecule has 23 heavy (non-hydrogen) atoms. The van der Waals surface area contributed by atoms with E-state index in [0.717, 1.165) is 37.0 Å². The van der Waals surface area contributed by atoms with Gasteiger partial charge in [-0.05, 0) is 53.7 Å². The van der Waals surface area contributed by atoms with E-state index in [1.165, 1.54) is 5.56 Å². The van der Waals surface area contributed by atoms with E-state index in [0.29, 0.717) is 11.9 Å². The summed E-state index contributed by atoms with van der Waals surface area (Å²) in [5, 5.41) is 0. The minimum atomic E-state index is 0.264. The lowest BCUT2D eigenvalue weighted by atomic mass is 10.00. The van der Waals surface area contributed by atoms with E-state index in [9.17, 15) is 0 Å². The van der Waals surface area contributed by atoms with Crippen molar-refractivity contribution in [3.63, 3.8) is 0 Å². The van der Waals surface area contributed by atoms with E-state index < -0.39 is 0 Å². The van der Waals surface area contributed by atoms with E-state index in [4.69, 9.17) is 4.74 Å². The number of hydrogen-bond donors (Lipinski definition) is 0. The van der Waals surface area contributed by atoms with Crippen LogP contribution in [0.15, 0.2) is 53.1 Å². The highest BCUT2D eigenvalue weighted by molar-refractivity contribution is 9.10. The average Bonchev–Trinajstić information content (AvgIpc) is 2.55. The van der Waals surface area contributed by atoms with Crippen LogP contribution in [0.25, 0.3) is 0 Å². The molecular formula is C19H23BrN2O. The average molecular weight is 375 g/mol. The summed E-state index contributed by atoms with van der Waals surface area (Å²) >= 11 is 3.39. The van der Waals surface area contributed by atoms with Gasteiger partial charge < -0.3 is 9.64 Å². The number of piperidine rings is 1. The Balaban J connectivity index is 1.49. The van der Waals surface area contributed by atoms with Gasteiger partial charge in [-0.2, -0.15) is 0 Å². The zero-order valence-corrected chi connectivity index (χ0v) is 15.1. The van der Waals surface area contributed by atoms with Gasteiger partial charge in [0, 0.05) is 25.2 Å². The topological polar surface area (TPSA) is 25.4 Å². The van der Waals surface area contributed by atoms with Crippen molar-refractivity contribution < 1.29 is 4.74 Å². The maximum atomic E-state index is 6.05. The molecule has 0 aliphatic carbocycles. The number of nitrogens with zero attached hydrogens (tertiary/aromatic N) is 2. The van der Waals surface area contributed by atoms with Gasteiger partial charge in [-0.15, -0.1) is 0 Å². The van der Waals surface area contributed by atoms with E-state index in [1.807, 2.05) is 18.2 Å². The molecule has 0 spiro atoms. The van der Waals surface area contributed by atoms with Gasteiger partial charge in [-0.1, -0.05) is 36.4 Å². The summed E-state index contributed by atoms with van der Waals surface area (Å²) in [6.45, 7) is 4.51. The summed E-state index contributed by atoms with van der Waals surface area (Å²) in [7, 11) is 0. The third kappa shape index (κ3) is 4.79. The number of pyridine rings is 1. The van der Waals surface area contributed by atoms with Crippen molar-refractivity contribution in [3.8, 4) is 5.88 Å². The highest BCUT2D eigenvalue weighted by atomic mass is 79.9. The molecule has 1 aromatic heterocycles. The maximum Gasteiger partial charge on any atom is 0.214 e. The minimum Gasteiger partial charge on any atom is -0.474 e. The molecule has 1 aliphatic rings. The minimum absolute atomic E-state index is 0.264. The number of halogens is 1. The van der Waals surface area contributed by atoms with E-state index >= 15 is 0 Å². The molecule has 1 fully saturated rings. The first kappa shape index (κ1) is 16.5. The van der Waals surface area contributed by atoms with Gasteiger partial charge in [0.15, 0.2) is 0 Å². The molecule has 3 nitrogen and oxygen atoms in total. The van der Waals surface area contributed by atoms with Crippen LogP contribution in [0.1, 0.15) is 25.3 Å². The summed E-state index contributed by atoms with van der Waals surface area (Å²) in [6.07, 6.45) is 3.50. The number of hydrogen-bond acceptors (Lipinski definition) is 3. The Morgan fingerprint density at radius 1 is 1.17 bits per heavy atom. The Kier molecular flexibility index (Phi) is 5.68. The normalized spacial score (nSPS) is 22.0. The van der Waals surface area contributed by atoms with Crippen molar-refractivity contribution >= 4 is 15.9 Å². The van der Waals surface area contributed by atoms with Crippen molar-refractivity contribution in [2.24, 2.45) is 0 Å². The first-order valence-corrected chi connectivity index (χ1v) is 9.07. The Bertz CT molecular complexity index is 620. The number of aromatic nitrogens is 1. The quantitative estimate of drug-likeness (QED) is 0.728. The number of likely N-dealkylation sites (tertiary alicyclic amines) is 1. The second-order valence-electron chi connectivity index (χ2n) is 6.18. The summed E-state index contributed by atoms with van der Waals surface area (Å²) in [5.74, 6) is 0.717. The van der Waals surface area contributed by atoms with Crippen molar-refractivity contribution in [2.45, 2.75) is 38.3 Å². The van der Waals surface area contributed by atoms with Crippen LogP contribution < -0.4 is 4.74 Å². The van der Waals surface area contributed by atoms with Crippen molar-refractivity contribution in [1.29, 1.82) is 0 Å². The Morgan fingerprint density at radius 3 is 2.74 bits per heavy atom. The van der Waals surface area contributed by atoms with Gasteiger partial charge >= 0.3 is 0 Å². The fraction of sp³-hybridized carbons (Fsp3) is 0.421. The molecule has 0 bridgehead atoms. The fourth-order valence-electron chi connectivity index (χ4n) is 3.16. The smallest absolute Gasteiger partial charge is 0.214 e. The van der Waals surface area contributed by atoms with Crippen LogP contribution in [0, 0.1) is 0 Å². The molecule has 0 N–H and O–H groups in total. The maximum absolute atomic E-state index is 6.05. The number of benzene rings is 1. The van der Waals surface area contributed by atoms with Crippen LogP contribution in [-0.4, -0.2) is 35.1 Å². The molecule has 2 heterocycles. The van der Waals surface area contributed by atoms with Crippen LogP contribution in [0.5, 0.6) is 5.88 Å². The fourth-order valence-corrected chi connectivity index (χ4v) is 3.49. The summed E-state index contributed by atoms with van der Waals surface area (Å²) in [4.78, 5) is 6.94. The summed E-state index contributed by atoms with van der Waals surface area (Å²) in [6, 6.07) is 17.1. The SMILES string of the molecule is C[C@@H]1C[C@H](Oc2cccc(Br)n2)CCN1CCc1ccccc1. The van der Waals surface area contributed by atoms with Gasteiger partial charge in [0.25, 0.3) is 0 Å². The first-order chi connectivity index (χ1) is 11.2. The molecule has 0 amide bonds. The predicted molar refractivity (Wildman–Crippen MR) is 96.8 cm³/mol. The largest absolute Gasteiger partial charge is 0.474 e. The highest BCUT2D eigenvalue weighted by Gasteiger charge is 2.26. The van der Waals surface area contributed by atoms with Crippen molar-refractivity contribution in [1.82, 2.24) is 9.88 Å². The van der Waals surface area contributed by atoms with Crippen LogP contribution in [0.2, 0.25) is 0 Å². The molecule has 2 atom stereocenters. The molecule has 2 aromatic rings. The van der Waals surface area contributed by atoms with Gasteiger partial charge in [0.05, 0.1) is 0 Å². The third-order valence-electron chi connectivity index (χ3n) is 4.47. The van der Waals surface area contributed by atoms with Crippen LogP contribution >= 0.6 is 15.9 Å². The van der Waals surface area contributed by atoms with Gasteiger partial charge in [-0.25, -0.2) is 4.98 Å². The standard InChI is InChI=1S/C19H23BrN2O/c1-15-14-17(23-19-9-5-8-18(20)21-19)11-13-22(15)12-10-16-6-3-2-4-7-16/h2-9,15,17H,10-14H2,1H3/t15-,17-/m1/s1. The Hall–Kier alpha value is -1.39. The van der Waals surface area contributed by atoms with Crippen molar-refractivity contribution in [2.75, 3.05) is 13.1 Å². The van der Waals surface area contributed by atoms with E-state index in [-0.39, 0.29) is 6.10 Å². The predicted octanol–water partition coefficient (Wildman–Crippen LogP) is 4.32. The monoisotopic (exact) mass is 374 g/mol. The molecule has 1 aromatic carbocycles. The Labute approximate surface area is 146 Å².